The number of aromatic nitrogens is 2. The number of ketones is 1. The zero-order valence-electron chi connectivity index (χ0n) is 15.2. The summed E-state index contributed by atoms with van der Waals surface area (Å²) < 4.78 is 0. The Labute approximate surface area is 162 Å². The van der Waals surface area contributed by atoms with Gasteiger partial charge in [0.15, 0.2) is 10.9 Å². The second kappa shape index (κ2) is 7.48. The summed E-state index contributed by atoms with van der Waals surface area (Å²) in [4.78, 5) is 24.6. The van der Waals surface area contributed by atoms with E-state index in [0.717, 1.165) is 29.5 Å². The molecule has 27 heavy (non-hydrogen) atoms. The maximum atomic E-state index is 12.8. The summed E-state index contributed by atoms with van der Waals surface area (Å²) in [5.74, 6) is 0.268. The summed E-state index contributed by atoms with van der Waals surface area (Å²) in [6.07, 6.45) is 3.81. The van der Waals surface area contributed by atoms with Crippen LogP contribution >= 0.6 is 11.3 Å². The number of hydrogen-bond donors (Lipinski definition) is 0. The Bertz CT molecular complexity index is 954. The standard InChI is InChI=1S/C21H21N4OS/c1-14-18(19(26)17-10-5-11-23-20(17)22)24-21(27-14)25-12-6-9-16(13-25)15-7-3-2-4-8-15/h2-5,7-8,10-11,16,22H,6,9,12-13H2,1H3. The number of thiazole rings is 1. The molecule has 1 aliphatic rings. The fourth-order valence-electron chi connectivity index (χ4n) is 3.59. The van der Waals surface area contributed by atoms with Crippen LogP contribution in [0.2, 0.25) is 0 Å². The molecule has 1 aromatic carbocycles. The second-order valence-electron chi connectivity index (χ2n) is 6.83. The van der Waals surface area contributed by atoms with Crippen molar-refractivity contribution < 1.29 is 4.79 Å². The largest absolute Gasteiger partial charge is 0.347 e. The van der Waals surface area contributed by atoms with E-state index in [9.17, 15) is 4.79 Å². The van der Waals surface area contributed by atoms with Gasteiger partial charge in [0, 0.05) is 30.1 Å². The maximum Gasteiger partial charge on any atom is 0.216 e. The van der Waals surface area contributed by atoms with Crippen LogP contribution in [0.15, 0.2) is 48.7 Å². The van der Waals surface area contributed by atoms with E-state index in [0.29, 0.717) is 17.2 Å². The van der Waals surface area contributed by atoms with E-state index >= 15 is 0 Å². The molecule has 1 radical (unpaired) electrons. The van der Waals surface area contributed by atoms with Gasteiger partial charge in [-0.3, -0.25) is 10.5 Å². The first-order valence-corrected chi connectivity index (χ1v) is 9.94. The van der Waals surface area contributed by atoms with E-state index in [-0.39, 0.29) is 11.6 Å². The summed E-state index contributed by atoms with van der Waals surface area (Å²) in [7, 11) is 0. The molecule has 6 heteroatoms. The third-order valence-electron chi connectivity index (χ3n) is 5.02. The highest BCUT2D eigenvalue weighted by molar-refractivity contribution is 7.15. The second-order valence-corrected chi connectivity index (χ2v) is 8.01. The lowest BCUT2D eigenvalue weighted by Gasteiger charge is -2.32. The number of carbonyl (C=O) groups excluding carboxylic acids is 1. The van der Waals surface area contributed by atoms with Crippen molar-refractivity contribution in [2.24, 2.45) is 0 Å². The predicted molar refractivity (Wildman–Crippen MR) is 108 cm³/mol. The van der Waals surface area contributed by atoms with Crippen LogP contribution in [0.25, 0.3) is 0 Å². The minimum atomic E-state index is -0.218. The van der Waals surface area contributed by atoms with Crippen molar-refractivity contribution in [2.75, 3.05) is 18.0 Å². The highest BCUT2D eigenvalue weighted by Gasteiger charge is 2.26. The summed E-state index contributed by atoms with van der Waals surface area (Å²) in [5, 5.41) is 0.895. The number of rotatable bonds is 4. The molecule has 1 unspecified atom stereocenters. The van der Waals surface area contributed by atoms with Crippen LogP contribution in [0.1, 0.15) is 45.3 Å². The van der Waals surface area contributed by atoms with Gasteiger partial charge in [-0.05, 0) is 37.5 Å². The van der Waals surface area contributed by atoms with Crippen LogP contribution in [0.5, 0.6) is 0 Å². The van der Waals surface area contributed by atoms with E-state index in [1.807, 2.05) is 13.0 Å². The molecule has 1 fully saturated rings. The van der Waals surface area contributed by atoms with E-state index in [4.69, 9.17) is 5.73 Å². The number of nitrogens with one attached hydrogen (secondary N) is 1. The van der Waals surface area contributed by atoms with Gasteiger partial charge in [-0.15, -0.1) is 11.3 Å². The first-order valence-electron chi connectivity index (χ1n) is 9.12. The lowest BCUT2D eigenvalue weighted by atomic mass is 9.91. The number of aryl methyl sites for hydroxylation is 1. The number of pyridine rings is 1. The Morgan fingerprint density at radius 3 is 2.81 bits per heavy atom. The molecule has 4 rings (SSSR count). The Hall–Kier alpha value is -2.73. The molecule has 2 aromatic heterocycles. The van der Waals surface area contributed by atoms with Crippen molar-refractivity contribution in [3.8, 4) is 0 Å². The van der Waals surface area contributed by atoms with Crippen LogP contribution in [-0.4, -0.2) is 28.8 Å². The van der Waals surface area contributed by atoms with E-state index in [1.165, 1.54) is 18.2 Å². The molecular formula is C21H21N4OS. The van der Waals surface area contributed by atoms with Crippen LogP contribution in [0, 0.1) is 6.92 Å². The normalized spacial score (nSPS) is 17.1. The zero-order chi connectivity index (χ0) is 18.8. The molecule has 3 heterocycles. The molecule has 5 nitrogen and oxygen atoms in total. The fraction of sp³-hybridized carbons (Fsp3) is 0.286. The zero-order valence-corrected chi connectivity index (χ0v) is 16.0. The number of hydrogen-bond acceptors (Lipinski definition) is 5. The maximum absolute atomic E-state index is 12.8. The highest BCUT2D eigenvalue weighted by Crippen LogP contribution is 2.34. The van der Waals surface area contributed by atoms with Crippen molar-refractivity contribution >= 4 is 28.1 Å². The van der Waals surface area contributed by atoms with E-state index in [2.05, 4.69) is 39.1 Å². The Morgan fingerprint density at radius 1 is 1.22 bits per heavy atom. The average molecular weight is 377 g/mol. The van der Waals surface area contributed by atoms with Crippen molar-refractivity contribution in [1.29, 1.82) is 0 Å². The monoisotopic (exact) mass is 377 g/mol. The van der Waals surface area contributed by atoms with Crippen LogP contribution < -0.4 is 10.6 Å². The quantitative estimate of drug-likeness (QED) is 0.633. The van der Waals surface area contributed by atoms with Gasteiger partial charge in [0.2, 0.25) is 5.78 Å². The lowest BCUT2D eigenvalue weighted by Crippen LogP contribution is -2.34. The highest BCUT2D eigenvalue weighted by atomic mass is 32.1. The first-order chi connectivity index (χ1) is 13.1. The predicted octanol–water partition coefficient (Wildman–Crippen LogP) is 4.38. The minimum absolute atomic E-state index is 0.00133. The molecule has 1 aliphatic heterocycles. The van der Waals surface area contributed by atoms with Crippen LogP contribution in [0.3, 0.4) is 0 Å². The first kappa shape index (κ1) is 17.7. The van der Waals surface area contributed by atoms with Crippen LogP contribution in [0.4, 0.5) is 10.9 Å². The van der Waals surface area contributed by atoms with Crippen molar-refractivity contribution in [3.05, 3.63) is 70.4 Å². The Morgan fingerprint density at radius 2 is 2.04 bits per heavy atom. The van der Waals surface area contributed by atoms with Gasteiger partial charge in [-0.1, -0.05) is 30.3 Å². The van der Waals surface area contributed by atoms with Crippen molar-refractivity contribution in [1.82, 2.24) is 15.7 Å². The lowest BCUT2D eigenvalue weighted by molar-refractivity contribution is 0.103. The number of benzene rings is 1. The number of carbonyl (C=O) groups is 1. The van der Waals surface area contributed by atoms with Gasteiger partial charge < -0.3 is 4.90 Å². The van der Waals surface area contributed by atoms with Gasteiger partial charge in [0.05, 0.1) is 5.56 Å². The molecule has 0 amide bonds. The summed E-state index contributed by atoms with van der Waals surface area (Å²) >= 11 is 1.56. The smallest absolute Gasteiger partial charge is 0.216 e. The third-order valence-corrected chi connectivity index (χ3v) is 6.05. The van der Waals surface area contributed by atoms with E-state index < -0.39 is 0 Å². The minimum Gasteiger partial charge on any atom is -0.347 e. The Kier molecular flexibility index (Phi) is 4.90. The molecule has 137 valence electrons. The molecule has 1 atom stereocenters. The van der Waals surface area contributed by atoms with Gasteiger partial charge in [-0.2, -0.15) is 0 Å². The molecule has 0 spiro atoms. The fourth-order valence-corrected chi connectivity index (χ4v) is 4.53. The van der Waals surface area contributed by atoms with Gasteiger partial charge in [0.1, 0.15) is 5.69 Å². The molecular weight excluding hydrogens is 356 g/mol. The summed E-state index contributed by atoms with van der Waals surface area (Å²) in [6.45, 7) is 3.80. The van der Waals surface area contributed by atoms with Crippen LogP contribution in [-0.2, 0) is 0 Å². The van der Waals surface area contributed by atoms with E-state index in [1.54, 1.807) is 23.5 Å². The summed E-state index contributed by atoms with van der Waals surface area (Å²) in [5.41, 5.74) is 9.99. The molecule has 0 aliphatic carbocycles. The molecule has 1 saturated heterocycles. The Balaban J connectivity index is 1.58. The number of nitrogens with zero attached hydrogens (tertiary/aromatic N) is 3. The number of piperidine rings is 1. The molecule has 1 N–H and O–H groups in total. The molecule has 3 aromatic rings. The van der Waals surface area contributed by atoms with Crippen molar-refractivity contribution in [3.63, 3.8) is 0 Å². The molecule has 0 saturated carbocycles. The van der Waals surface area contributed by atoms with Gasteiger partial charge >= 0.3 is 0 Å². The molecule has 0 bridgehead atoms. The SMILES string of the molecule is Cc1sc(N2CCCC(c3ccccc3)C2)nc1C(=O)c1cccnc1[NH]. The van der Waals surface area contributed by atoms with Gasteiger partial charge in [0.25, 0.3) is 0 Å². The third kappa shape index (κ3) is 3.57. The number of anilines is 1. The summed E-state index contributed by atoms with van der Waals surface area (Å²) in [6, 6.07) is 13.9. The topological polar surface area (TPSA) is 69.9 Å². The average Bonchev–Trinajstić information content (AvgIpc) is 3.10. The van der Waals surface area contributed by atoms with Crippen molar-refractivity contribution in [2.45, 2.75) is 25.7 Å². The van der Waals surface area contributed by atoms with Gasteiger partial charge in [-0.25, -0.2) is 9.97 Å².